The normalized spacial score (nSPS) is 19.0. The Labute approximate surface area is 146 Å². The topological polar surface area (TPSA) is 93.5 Å². The van der Waals surface area contributed by atoms with Gasteiger partial charge in [-0.15, -0.1) is 0 Å². The number of morpholine rings is 1. The summed E-state index contributed by atoms with van der Waals surface area (Å²) in [5, 5.41) is 0.0703. The number of sulfonamides is 1. The number of fused-ring (bicyclic) bond motifs is 1. The molecule has 0 amide bonds. The maximum absolute atomic E-state index is 12.8. The Bertz CT molecular complexity index is 875. The van der Waals surface area contributed by atoms with E-state index in [-0.39, 0.29) is 11.6 Å². The summed E-state index contributed by atoms with van der Waals surface area (Å²) in [5.41, 5.74) is 1.77. The first-order valence-electron chi connectivity index (χ1n) is 8.19. The van der Waals surface area contributed by atoms with Crippen LogP contribution in [-0.4, -0.2) is 65.1 Å². The minimum atomic E-state index is -3.61. The van der Waals surface area contributed by atoms with Gasteiger partial charge in [0.2, 0.25) is 5.95 Å². The van der Waals surface area contributed by atoms with Crippen LogP contribution < -0.4 is 4.90 Å². The summed E-state index contributed by atoms with van der Waals surface area (Å²) in [5.74, 6) is 0.638. The van der Waals surface area contributed by atoms with Gasteiger partial charge in [-0.05, 0) is 12.0 Å². The molecule has 0 atom stereocenters. The molecule has 9 nitrogen and oxygen atoms in total. The number of anilines is 1. The minimum absolute atomic E-state index is 0.0703. The van der Waals surface area contributed by atoms with Crippen LogP contribution in [0.25, 0.3) is 0 Å². The number of rotatable bonds is 3. The van der Waals surface area contributed by atoms with Gasteiger partial charge in [0.25, 0.3) is 10.0 Å². The van der Waals surface area contributed by atoms with E-state index in [9.17, 15) is 8.42 Å². The van der Waals surface area contributed by atoms with E-state index in [0.29, 0.717) is 32.1 Å². The molecule has 0 saturated carbocycles. The summed E-state index contributed by atoms with van der Waals surface area (Å²) >= 11 is 0. The fourth-order valence-corrected chi connectivity index (χ4v) is 4.41. The molecular weight excluding hydrogens is 344 g/mol. The van der Waals surface area contributed by atoms with Gasteiger partial charge < -0.3 is 14.2 Å². The van der Waals surface area contributed by atoms with E-state index >= 15 is 0 Å². The zero-order valence-corrected chi connectivity index (χ0v) is 14.8. The third kappa shape index (κ3) is 3.12. The smallest absolute Gasteiger partial charge is 0.262 e. The van der Waals surface area contributed by atoms with Crippen molar-refractivity contribution >= 4 is 16.0 Å². The highest BCUT2D eigenvalue weighted by molar-refractivity contribution is 7.89. The van der Waals surface area contributed by atoms with E-state index < -0.39 is 10.0 Å². The van der Waals surface area contributed by atoms with E-state index in [2.05, 4.69) is 19.9 Å². The van der Waals surface area contributed by atoms with E-state index in [1.165, 1.54) is 16.8 Å². The molecule has 0 radical (unpaired) electrons. The number of nitrogens with zero attached hydrogens (tertiary/aromatic N) is 6. The molecule has 134 valence electrons. The summed E-state index contributed by atoms with van der Waals surface area (Å²) in [6.45, 7) is 3.45. The van der Waals surface area contributed by atoms with Crippen LogP contribution in [0.3, 0.4) is 0 Å². The molecule has 4 rings (SSSR count). The Kier molecular flexibility index (Phi) is 4.18. The second kappa shape index (κ2) is 6.36. The Morgan fingerprint density at radius 1 is 1.16 bits per heavy atom. The second-order valence-corrected chi connectivity index (χ2v) is 8.09. The average molecular weight is 364 g/mol. The molecule has 0 unspecified atom stereocenters. The van der Waals surface area contributed by atoms with Gasteiger partial charge in [-0.25, -0.2) is 23.4 Å². The first-order valence-corrected chi connectivity index (χ1v) is 9.63. The maximum Gasteiger partial charge on any atom is 0.262 e. The molecule has 0 aliphatic carbocycles. The van der Waals surface area contributed by atoms with Gasteiger partial charge in [-0.3, -0.25) is 0 Å². The number of hydrogen-bond acceptors (Lipinski definition) is 7. The Balaban J connectivity index is 1.59. The molecule has 0 bridgehead atoms. The molecule has 25 heavy (non-hydrogen) atoms. The monoisotopic (exact) mass is 364 g/mol. The molecule has 0 N–H and O–H groups in total. The van der Waals surface area contributed by atoms with Crippen molar-refractivity contribution in [3.05, 3.63) is 30.0 Å². The van der Waals surface area contributed by atoms with Gasteiger partial charge in [0.05, 0.1) is 31.8 Å². The molecule has 1 fully saturated rings. The van der Waals surface area contributed by atoms with Crippen molar-refractivity contribution in [2.24, 2.45) is 7.05 Å². The highest BCUT2D eigenvalue weighted by Gasteiger charge is 2.31. The van der Waals surface area contributed by atoms with Crippen LogP contribution in [0.5, 0.6) is 0 Å². The Morgan fingerprint density at radius 3 is 2.68 bits per heavy atom. The Morgan fingerprint density at radius 2 is 1.96 bits per heavy atom. The van der Waals surface area contributed by atoms with Crippen molar-refractivity contribution < 1.29 is 13.2 Å². The van der Waals surface area contributed by atoms with E-state index in [1.54, 1.807) is 11.6 Å². The van der Waals surface area contributed by atoms with Crippen molar-refractivity contribution in [3.8, 4) is 0 Å². The van der Waals surface area contributed by atoms with Crippen LogP contribution in [-0.2, 0) is 34.8 Å². The fraction of sp³-hybridized carbons (Fsp3) is 0.533. The summed E-state index contributed by atoms with van der Waals surface area (Å²) in [7, 11) is -1.86. The minimum Gasteiger partial charge on any atom is -0.378 e. The summed E-state index contributed by atoms with van der Waals surface area (Å²) in [4.78, 5) is 15.1. The lowest BCUT2D eigenvalue weighted by molar-refractivity contribution is 0.122. The molecule has 2 aromatic heterocycles. The van der Waals surface area contributed by atoms with Crippen molar-refractivity contribution in [2.45, 2.75) is 18.0 Å². The van der Waals surface area contributed by atoms with Gasteiger partial charge in [0, 0.05) is 39.1 Å². The van der Waals surface area contributed by atoms with Crippen LogP contribution >= 0.6 is 0 Å². The van der Waals surface area contributed by atoms with Crippen LogP contribution in [0, 0.1) is 0 Å². The lowest BCUT2D eigenvalue weighted by Crippen LogP contribution is -2.39. The summed E-state index contributed by atoms with van der Waals surface area (Å²) in [6.07, 6.45) is 5.43. The van der Waals surface area contributed by atoms with Crippen LogP contribution in [0.2, 0.25) is 0 Å². The quantitative estimate of drug-likeness (QED) is 0.744. The van der Waals surface area contributed by atoms with E-state index in [4.69, 9.17) is 4.74 Å². The lowest BCUT2D eigenvalue weighted by atomic mass is 10.1. The first kappa shape index (κ1) is 16.4. The third-order valence-electron chi connectivity index (χ3n) is 4.48. The number of ether oxygens (including phenoxy) is 1. The third-order valence-corrected chi connectivity index (χ3v) is 6.21. The number of aromatic nitrogens is 4. The van der Waals surface area contributed by atoms with E-state index in [1.807, 2.05) is 6.20 Å². The molecule has 0 aromatic carbocycles. The highest BCUT2D eigenvalue weighted by Crippen LogP contribution is 2.24. The van der Waals surface area contributed by atoms with E-state index in [0.717, 1.165) is 24.3 Å². The van der Waals surface area contributed by atoms with Crippen LogP contribution in [0.15, 0.2) is 23.7 Å². The molecule has 1 saturated heterocycles. The molecule has 0 spiro atoms. The van der Waals surface area contributed by atoms with Crippen molar-refractivity contribution in [1.82, 2.24) is 23.8 Å². The van der Waals surface area contributed by atoms with Gasteiger partial charge >= 0.3 is 0 Å². The van der Waals surface area contributed by atoms with Crippen LogP contribution in [0.4, 0.5) is 5.95 Å². The molecular formula is C15H20N6O3S. The Hall–Kier alpha value is -2.04. The molecule has 4 heterocycles. The first-order chi connectivity index (χ1) is 12.0. The molecule has 10 heteroatoms. The number of hydrogen-bond donors (Lipinski definition) is 0. The van der Waals surface area contributed by atoms with Crippen LogP contribution in [0.1, 0.15) is 11.3 Å². The predicted molar refractivity (Wildman–Crippen MR) is 89.6 cm³/mol. The van der Waals surface area contributed by atoms with Gasteiger partial charge in [-0.2, -0.15) is 4.31 Å². The number of imidazole rings is 1. The van der Waals surface area contributed by atoms with Gasteiger partial charge in [0.15, 0.2) is 5.03 Å². The molecule has 2 aromatic rings. The predicted octanol–water partition coefficient (Wildman–Crippen LogP) is -0.206. The standard InChI is InChI=1S/C15H20N6O3S/c1-19-10-14(17-11-19)25(22,23)21-3-2-12-8-16-15(18-13(12)9-21)20-4-6-24-7-5-20/h8,10-11H,2-7,9H2,1H3. The van der Waals surface area contributed by atoms with Crippen molar-refractivity contribution in [3.63, 3.8) is 0 Å². The zero-order chi connectivity index (χ0) is 17.4. The summed E-state index contributed by atoms with van der Waals surface area (Å²) < 4.78 is 34.0. The lowest BCUT2D eigenvalue weighted by Gasteiger charge is -2.30. The van der Waals surface area contributed by atoms with Gasteiger partial charge in [-0.1, -0.05) is 0 Å². The van der Waals surface area contributed by atoms with Crippen molar-refractivity contribution in [2.75, 3.05) is 37.7 Å². The van der Waals surface area contributed by atoms with Crippen molar-refractivity contribution in [1.29, 1.82) is 0 Å². The second-order valence-electron chi connectivity index (χ2n) is 6.21. The maximum atomic E-state index is 12.8. The SMILES string of the molecule is Cn1cnc(S(=O)(=O)N2CCc3cnc(N4CCOCC4)nc3C2)c1. The highest BCUT2D eigenvalue weighted by atomic mass is 32.2. The molecule has 2 aliphatic heterocycles. The largest absolute Gasteiger partial charge is 0.378 e. The summed E-state index contributed by atoms with van der Waals surface area (Å²) in [6, 6.07) is 0. The van der Waals surface area contributed by atoms with Gasteiger partial charge in [0.1, 0.15) is 0 Å². The molecule has 2 aliphatic rings. The average Bonchev–Trinajstić information content (AvgIpc) is 3.09. The zero-order valence-electron chi connectivity index (χ0n) is 14.0. The fourth-order valence-electron chi connectivity index (χ4n) is 3.04. The number of aryl methyl sites for hydroxylation is 1.